The summed E-state index contributed by atoms with van der Waals surface area (Å²) in [7, 11) is 1.66. The number of nitrogens with zero attached hydrogens (tertiary/aromatic N) is 2. The third-order valence-electron chi connectivity index (χ3n) is 4.75. The van der Waals surface area contributed by atoms with E-state index in [9.17, 15) is 0 Å². The van der Waals surface area contributed by atoms with Crippen molar-refractivity contribution >= 4 is 0 Å². The first-order valence-electron chi connectivity index (χ1n) is 8.19. The molecule has 3 heterocycles. The minimum absolute atomic E-state index is 0.237. The Kier molecular flexibility index (Phi) is 3.87. The van der Waals surface area contributed by atoms with Crippen molar-refractivity contribution < 1.29 is 9.47 Å². The zero-order chi connectivity index (χ0) is 15.6. The van der Waals surface area contributed by atoms with E-state index in [1.165, 1.54) is 12.8 Å². The Morgan fingerprint density at radius 1 is 0.957 bits per heavy atom. The second-order valence-electron chi connectivity index (χ2n) is 6.33. The van der Waals surface area contributed by atoms with Crippen LogP contribution < -0.4 is 14.8 Å². The molecule has 0 saturated carbocycles. The van der Waals surface area contributed by atoms with Gasteiger partial charge in [0.15, 0.2) is 0 Å². The molecule has 2 fully saturated rings. The maximum atomic E-state index is 5.98. The lowest BCUT2D eigenvalue weighted by molar-refractivity contribution is 0.126. The van der Waals surface area contributed by atoms with E-state index in [-0.39, 0.29) is 6.10 Å². The van der Waals surface area contributed by atoms with E-state index in [1.807, 2.05) is 36.7 Å². The van der Waals surface area contributed by atoms with Crippen LogP contribution in [0.25, 0.3) is 11.1 Å². The molecule has 120 valence electrons. The molecule has 0 aliphatic carbocycles. The number of piperidine rings is 1. The summed E-state index contributed by atoms with van der Waals surface area (Å²) in [5, 5.41) is 3.61. The number of benzene rings is 1. The molecule has 1 aromatic carbocycles. The zero-order valence-electron chi connectivity index (χ0n) is 13.2. The molecule has 5 nitrogen and oxygen atoms in total. The van der Waals surface area contributed by atoms with Crippen molar-refractivity contribution in [1.82, 2.24) is 15.3 Å². The van der Waals surface area contributed by atoms with Gasteiger partial charge in [0.1, 0.15) is 11.9 Å². The van der Waals surface area contributed by atoms with Gasteiger partial charge in [-0.15, -0.1) is 0 Å². The Bertz CT molecular complexity index is 645. The lowest BCUT2D eigenvalue weighted by atomic mass is 10.0. The van der Waals surface area contributed by atoms with Crippen LogP contribution in [-0.2, 0) is 0 Å². The SMILES string of the molecule is COc1ccc(-c2cnc(OC3CC4CCC(C3)N4)nc2)cc1. The standard InChI is InChI=1S/C18H21N3O2/c1-22-16-6-2-12(3-7-16)13-10-19-18(20-11-13)23-17-8-14-4-5-15(9-17)21-14/h2-3,6-7,10-11,14-15,17,21H,4-5,8-9H2,1H3. The van der Waals surface area contributed by atoms with Gasteiger partial charge in [0.25, 0.3) is 0 Å². The zero-order valence-corrected chi connectivity index (χ0v) is 13.2. The number of aromatic nitrogens is 2. The fourth-order valence-electron chi connectivity index (χ4n) is 3.56. The summed E-state index contributed by atoms with van der Waals surface area (Å²) >= 11 is 0. The van der Waals surface area contributed by atoms with E-state index >= 15 is 0 Å². The summed E-state index contributed by atoms with van der Waals surface area (Å²) in [6.07, 6.45) is 8.52. The Balaban J connectivity index is 1.43. The fraction of sp³-hybridized carbons (Fsp3) is 0.444. The number of methoxy groups -OCH3 is 1. The molecule has 2 aromatic rings. The minimum atomic E-state index is 0.237. The highest BCUT2D eigenvalue weighted by Crippen LogP contribution is 2.29. The van der Waals surface area contributed by atoms with Gasteiger partial charge in [0, 0.05) is 30.0 Å². The molecule has 2 bridgehead atoms. The molecule has 1 aromatic heterocycles. The first-order valence-corrected chi connectivity index (χ1v) is 8.19. The summed E-state index contributed by atoms with van der Waals surface area (Å²) in [4.78, 5) is 8.75. The van der Waals surface area contributed by atoms with Crippen LogP contribution in [0, 0.1) is 0 Å². The number of hydrogen-bond donors (Lipinski definition) is 1. The predicted molar refractivity (Wildman–Crippen MR) is 87.6 cm³/mol. The molecule has 2 atom stereocenters. The summed E-state index contributed by atoms with van der Waals surface area (Å²) in [6.45, 7) is 0. The van der Waals surface area contributed by atoms with Crippen molar-refractivity contribution in [3.8, 4) is 22.9 Å². The predicted octanol–water partition coefficient (Wildman–Crippen LogP) is 2.81. The molecule has 2 aliphatic rings. The van der Waals surface area contributed by atoms with Crippen LogP contribution in [0.15, 0.2) is 36.7 Å². The van der Waals surface area contributed by atoms with Crippen LogP contribution in [0.2, 0.25) is 0 Å². The molecule has 0 radical (unpaired) electrons. The average Bonchev–Trinajstić information content (AvgIpc) is 2.94. The van der Waals surface area contributed by atoms with E-state index in [0.29, 0.717) is 18.1 Å². The topological polar surface area (TPSA) is 56.3 Å². The number of fused-ring (bicyclic) bond motifs is 2. The molecule has 2 unspecified atom stereocenters. The van der Waals surface area contributed by atoms with Gasteiger partial charge in [-0.1, -0.05) is 12.1 Å². The second kappa shape index (κ2) is 6.16. The third-order valence-corrected chi connectivity index (χ3v) is 4.75. The highest BCUT2D eigenvalue weighted by molar-refractivity contribution is 5.62. The summed E-state index contributed by atoms with van der Waals surface area (Å²) < 4.78 is 11.2. The van der Waals surface area contributed by atoms with Crippen molar-refractivity contribution in [2.75, 3.05) is 7.11 Å². The second-order valence-corrected chi connectivity index (χ2v) is 6.33. The molecule has 2 saturated heterocycles. The quantitative estimate of drug-likeness (QED) is 0.941. The monoisotopic (exact) mass is 311 g/mol. The van der Waals surface area contributed by atoms with Gasteiger partial charge in [-0.2, -0.15) is 0 Å². The van der Waals surface area contributed by atoms with Crippen LogP contribution in [0.4, 0.5) is 0 Å². The lowest BCUT2D eigenvalue weighted by Gasteiger charge is -2.28. The van der Waals surface area contributed by atoms with Gasteiger partial charge in [-0.3, -0.25) is 0 Å². The molecule has 1 N–H and O–H groups in total. The van der Waals surface area contributed by atoms with Crippen LogP contribution in [-0.4, -0.2) is 35.3 Å². The maximum Gasteiger partial charge on any atom is 0.316 e. The highest BCUT2D eigenvalue weighted by Gasteiger charge is 2.34. The largest absolute Gasteiger partial charge is 0.497 e. The Morgan fingerprint density at radius 3 is 2.22 bits per heavy atom. The summed E-state index contributed by atoms with van der Waals surface area (Å²) in [5.41, 5.74) is 2.04. The van der Waals surface area contributed by atoms with Crippen LogP contribution in [0.3, 0.4) is 0 Å². The van der Waals surface area contributed by atoms with Gasteiger partial charge in [0.2, 0.25) is 0 Å². The molecule has 0 amide bonds. The smallest absolute Gasteiger partial charge is 0.316 e. The fourth-order valence-corrected chi connectivity index (χ4v) is 3.56. The molecule has 0 spiro atoms. The molecular weight excluding hydrogens is 290 g/mol. The van der Waals surface area contributed by atoms with Crippen LogP contribution in [0.5, 0.6) is 11.8 Å². The van der Waals surface area contributed by atoms with E-state index in [4.69, 9.17) is 9.47 Å². The molecule has 4 rings (SSSR count). The number of hydrogen-bond acceptors (Lipinski definition) is 5. The summed E-state index contributed by atoms with van der Waals surface area (Å²) in [5.74, 6) is 0.843. The van der Waals surface area contributed by atoms with Gasteiger partial charge < -0.3 is 14.8 Å². The van der Waals surface area contributed by atoms with Crippen molar-refractivity contribution in [1.29, 1.82) is 0 Å². The Morgan fingerprint density at radius 2 is 1.61 bits per heavy atom. The minimum Gasteiger partial charge on any atom is -0.497 e. The van der Waals surface area contributed by atoms with E-state index in [0.717, 1.165) is 29.7 Å². The normalized spacial score (nSPS) is 26.0. The van der Waals surface area contributed by atoms with E-state index in [2.05, 4.69) is 15.3 Å². The Labute approximate surface area is 136 Å². The number of nitrogens with one attached hydrogen (secondary N) is 1. The third kappa shape index (κ3) is 3.15. The average molecular weight is 311 g/mol. The van der Waals surface area contributed by atoms with Crippen molar-refractivity contribution in [2.24, 2.45) is 0 Å². The van der Waals surface area contributed by atoms with E-state index < -0.39 is 0 Å². The molecule has 23 heavy (non-hydrogen) atoms. The first kappa shape index (κ1) is 14.5. The number of rotatable bonds is 4. The number of ether oxygens (including phenoxy) is 2. The van der Waals surface area contributed by atoms with Crippen LogP contribution in [0.1, 0.15) is 25.7 Å². The van der Waals surface area contributed by atoms with E-state index in [1.54, 1.807) is 7.11 Å². The molecule has 2 aliphatic heterocycles. The Hall–Kier alpha value is -2.14. The highest BCUT2D eigenvalue weighted by atomic mass is 16.5. The molecule has 5 heteroatoms. The lowest BCUT2D eigenvalue weighted by Crippen LogP contribution is -2.42. The van der Waals surface area contributed by atoms with Crippen molar-refractivity contribution in [3.05, 3.63) is 36.7 Å². The van der Waals surface area contributed by atoms with Crippen LogP contribution >= 0.6 is 0 Å². The van der Waals surface area contributed by atoms with Crippen molar-refractivity contribution in [3.63, 3.8) is 0 Å². The van der Waals surface area contributed by atoms with Gasteiger partial charge in [-0.05, 0) is 43.4 Å². The van der Waals surface area contributed by atoms with Gasteiger partial charge in [0.05, 0.1) is 7.11 Å². The van der Waals surface area contributed by atoms with Crippen molar-refractivity contribution in [2.45, 2.75) is 43.9 Å². The summed E-state index contributed by atoms with van der Waals surface area (Å²) in [6, 6.07) is 9.57. The molecular formula is C18H21N3O2. The maximum absolute atomic E-state index is 5.98. The van der Waals surface area contributed by atoms with Gasteiger partial charge in [-0.25, -0.2) is 9.97 Å². The first-order chi connectivity index (χ1) is 11.3. The van der Waals surface area contributed by atoms with Gasteiger partial charge >= 0.3 is 6.01 Å².